The zero-order chi connectivity index (χ0) is 11.3. The summed E-state index contributed by atoms with van der Waals surface area (Å²) in [6.07, 6.45) is 1.09. The lowest BCUT2D eigenvalue weighted by molar-refractivity contribution is -0.136. The molecule has 0 aromatic rings. The number of likely N-dealkylation sites (N-methyl/N-ethyl adjacent to an activating group) is 1. The lowest BCUT2D eigenvalue weighted by Crippen LogP contribution is -2.52. The van der Waals surface area contributed by atoms with Crippen molar-refractivity contribution in [3.05, 3.63) is 0 Å². The van der Waals surface area contributed by atoms with Gasteiger partial charge in [0, 0.05) is 26.2 Å². The first kappa shape index (κ1) is 12.5. The molecule has 1 saturated heterocycles. The first-order valence-corrected chi connectivity index (χ1v) is 5.86. The lowest BCUT2D eigenvalue weighted by atomic mass is 10.2. The Morgan fingerprint density at radius 2 is 2.07 bits per heavy atom. The fourth-order valence-corrected chi connectivity index (χ4v) is 1.88. The highest BCUT2D eigenvalue weighted by molar-refractivity contribution is 5.81. The third kappa shape index (κ3) is 3.47. The van der Waals surface area contributed by atoms with Gasteiger partial charge in [-0.2, -0.15) is 0 Å². The Kier molecular flexibility index (Phi) is 5.05. The minimum absolute atomic E-state index is 0.0167. The van der Waals surface area contributed by atoms with E-state index in [0.717, 1.165) is 39.1 Å². The van der Waals surface area contributed by atoms with Gasteiger partial charge < -0.3 is 10.2 Å². The van der Waals surface area contributed by atoms with Gasteiger partial charge in [0.15, 0.2) is 0 Å². The van der Waals surface area contributed by atoms with Crippen molar-refractivity contribution in [3.8, 4) is 0 Å². The van der Waals surface area contributed by atoms with Crippen LogP contribution in [0.2, 0.25) is 0 Å². The van der Waals surface area contributed by atoms with Gasteiger partial charge >= 0.3 is 0 Å². The molecule has 1 rings (SSSR count). The number of piperazine rings is 1. The first-order valence-electron chi connectivity index (χ1n) is 5.86. The SMILES string of the molecule is CCCN(C)C(C)C(=O)N1CCNCC1. The molecule has 1 heterocycles. The summed E-state index contributed by atoms with van der Waals surface area (Å²) < 4.78 is 0. The number of nitrogens with zero attached hydrogens (tertiary/aromatic N) is 2. The molecule has 0 spiro atoms. The summed E-state index contributed by atoms with van der Waals surface area (Å²) in [7, 11) is 2.02. The van der Waals surface area contributed by atoms with Crippen LogP contribution in [0.3, 0.4) is 0 Å². The van der Waals surface area contributed by atoms with Gasteiger partial charge in [0.1, 0.15) is 0 Å². The summed E-state index contributed by atoms with van der Waals surface area (Å²) in [4.78, 5) is 16.2. The van der Waals surface area contributed by atoms with E-state index in [1.807, 2.05) is 18.9 Å². The van der Waals surface area contributed by atoms with E-state index in [9.17, 15) is 4.79 Å². The number of carbonyl (C=O) groups excluding carboxylic acids is 1. The summed E-state index contributed by atoms with van der Waals surface area (Å²) in [6.45, 7) is 8.68. The molecule has 1 aliphatic heterocycles. The number of amides is 1. The van der Waals surface area contributed by atoms with E-state index in [-0.39, 0.29) is 11.9 Å². The highest BCUT2D eigenvalue weighted by Crippen LogP contribution is 2.03. The Morgan fingerprint density at radius 1 is 1.47 bits per heavy atom. The second kappa shape index (κ2) is 6.08. The largest absolute Gasteiger partial charge is 0.339 e. The van der Waals surface area contributed by atoms with Gasteiger partial charge in [-0.3, -0.25) is 9.69 Å². The van der Waals surface area contributed by atoms with E-state index in [2.05, 4.69) is 17.1 Å². The topological polar surface area (TPSA) is 35.6 Å². The fraction of sp³-hybridized carbons (Fsp3) is 0.909. The minimum Gasteiger partial charge on any atom is -0.339 e. The third-order valence-corrected chi connectivity index (χ3v) is 3.02. The van der Waals surface area contributed by atoms with Crippen molar-refractivity contribution in [1.82, 2.24) is 15.1 Å². The van der Waals surface area contributed by atoms with Gasteiger partial charge in [-0.05, 0) is 26.9 Å². The highest BCUT2D eigenvalue weighted by atomic mass is 16.2. The number of hydrogen-bond acceptors (Lipinski definition) is 3. The maximum absolute atomic E-state index is 12.1. The molecule has 0 radical (unpaired) electrons. The molecule has 0 saturated carbocycles. The molecule has 1 aliphatic rings. The Labute approximate surface area is 92.6 Å². The van der Waals surface area contributed by atoms with Crippen LogP contribution in [0.4, 0.5) is 0 Å². The van der Waals surface area contributed by atoms with Gasteiger partial charge in [0.05, 0.1) is 6.04 Å². The van der Waals surface area contributed by atoms with Crippen molar-refractivity contribution in [2.75, 3.05) is 39.8 Å². The van der Waals surface area contributed by atoms with E-state index in [1.54, 1.807) is 0 Å². The average Bonchev–Trinajstić information content (AvgIpc) is 2.28. The minimum atomic E-state index is 0.0167. The molecule has 0 aliphatic carbocycles. The summed E-state index contributed by atoms with van der Waals surface area (Å²) in [6, 6.07) is 0.0167. The van der Waals surface area contributed by atoms with E-state index in [1.165, 1.54) is 0 Å². The lowest BCUT2D eigenvalue weighted by Gasteiger charge is -2.33. The zero-order valence-corrected chi connectivity index (χ0v) is 10.1. The molecule has 15 heavy (non-hydrogen) atoms. The smallest absolute Gasteiger partial charge is 0.239 e. The fourth-order valence-electron chi connectivity index (χ4n) is 1.88. The van der Waals surface area contributed by atoms with Gasteiger partial charge in [-0.25, -0.2) is 0 Å². The van der Waals surface area contributed by atoms with Crippen LogP contribution in [0, 0.1) is 0 Å². The number of rotatable bonds is 4. The van der Waals surface area contributed by atoms with Gasteiger partial charge in [-0.15, -0.1) is 0 Å². The molecule has 4 nitrogen and oxygen atoms in total. The summed E-state index contributed by atoms with van der Waals surface area (Å²) >= 11 is 0. The average molecular weight is 213 g/mol. The van der Waals surface area contributed by atoms with Crippen LogP contribution in [0.15, 0.2) is 0 Å². The molecular formula is C11H23N3O. The van der Waals surface area contributed by atoms with Gasteiger partial charge in [0.25, 0.3) is 0 Å². The maximum Gasteiger partial charge on any atom is 0.239 e. The monoisotopic (exact) mass is 213 g/mol. The molecular weight excluding hydrogens is 190 g/mol. The van der Waals surface area contributed by atoms with E-state index < -0.39 is 0 Å². The molecule has 88 valence electrons. The molecule has 0 bridgehead atoms. The standard InChI is InChI=1S/C11H23N3O/c1-4-7-13(3)10(2)11(15)14-8-5-12-6-9-14/h10,12H,4-9H2,1-3H3. The van der Waals surface area contributed by atoms with Crippen LogP contribution < -0.4 is 5.32 Å². The van der Waals surface area contributed by atoms with Crippen molar-refractivity contribution in [2.24, 2.45) is 0 Å². The molecule has 1 unspecified atom stereocenters. The normalized spacial score (nSPS) is 19.3. The highest BCUT2D eigenvalue weighted by Gasteiger charge is 2.24. The third-order valence-electron chi connectivity index (χ3n) is 3.02. The first-order chi connectivity index (χ1) is 7.16. The van der Waals surface area contributed by atoms with Crippen molar-refractivity contribution in [2.45, 2.75) is 26.3 Å². The Hall–Kier alpha value is -0.610. The Bertz CT molecular complexity index is 202. The van der Waals surface area contributed by atoms with Crippen LogP contribution in [-0.4, -0.2) is 61.5 Å². The number of nitrogens with one attached hydrogen (secondary N) is 1. The van der Waals surface area contributed by atoms with Crippen LogP contribution in [0.25, 0.3) is 0 Å². The maximum atomic E-state index is 12.1. The summed E-state index contributed by atoms with van der Waals surface area (Å²) in [5, 5.41) is 3.26. The van der Waals surface area contributed by atoms with Crippen molar-refractivity contribution < 1.29 is 4.79 Å². The Balaban J connectivity index is 2.43. The molecule has 1 atom stereocenters. The van der Waals surface area contributed by atoms with E-state index in [4.69, 9.17) is 0 Å². The second-order valence-electron chi connectivity index (χ2n) is 4.23. The van der Waals surface area contributed by atoms with Crippen molar-refractivity contribution in [1.29, 1.82) is 0 Å². The summed E-state index contributed by atoms with van der Waals surface area (Å²) in [5.74, 6) is 0.271. The van der Waals surface area contributed by atoms with Crippen LogP contribution in [0.5, 0.6) is 0 Å². The second-order valence-corrected chi connectivity index (χ2v) is 4.23. The number of hydrogen-bond donors (Lipinski definition) is 1. The molecule has 0 aromatic carbocycles. The zero-order valence-electron chi connectivity index (χ0n) is 10.1. The van der Waals surface area contributed by atoms with Crippen LogP contribution >= 0.6 is 0 Å². The van der Waals surface area contributed by atoms with Crippen molar-refractivity contribution in [3.63, 3.8) is 0 Å². The molecule has 1 amide bonds. The van der Waals surface area contributed by atoms with Crippen LogP contribution in [0.1, 0.15) is 20.3 Å². The molecule has 4 heteroatoms. The van der Waals surface area contributed by atoms with Crippen LogP contribution in [-0.2, 0) is 4.79 Å². The van der Waals surface area contributed by atoms with E-state index in [0.29, 0.717) is 0 Å². The van der Waals surface area contributed by atoms with Gasteiger partial charge in [-0.1, -0.05) is 6.92 Å². The molecule has 1 N–H and O–H groups in total. The molecule has 1 fully saturated rings. The predicted octanol–water partition coefficient (Wildman–Crippen LogP) is 0.149. The van der Waals surface area contributed by atoms with E-state index >= 15 is 0 Å². The van der Waals surface area contributed by atoms with Gasteiger partial charge in [0.2, 0.25) is 5.91 Å². The molecule has 0 aromatic heterocycles. The Morgan fingerprint density at radius 3 is 2.60 bits per heavy atom. The van der Waals surface area contributed by atoms with Crippen molar-refractivity contribution >= 4 is 5.91 Å². The predicted molar refractivity (Wildman–Crippen MR) is 61.8 cm³/mol. The number of carbonyl (C=O) groups is 1. The quantitative estimate of drug-likeness (QED) is 0.722. The summed E-state index contributed by atoms with van der Waals surface area (Å²) in [5.41, 5.74) is 0.